The van der Waals surface area contributed by atoms with Crippen molar-refractivity contribution in [1.82, 2.24) is 9.97 Å². The second-order valence-corrected chi connectivity index (χ2v) is 8.46. The number of ether oxygens (including phenoxy) is 1. The number of halogens is 1. The molecule has 154 valence electrons. The summed E-state index contributed by atoms with van der Waals surface area (Å²) in [6.45, 7) is 8.77. The second kappa shape index (κ2) is 8.74. The van der Waals surface area contributed by atoms with Crippen molar-refractivity contribution in [3.8, 4) is 5.75 Å². The fourth-order valence-corrected chi connectivity index (χ4v) is 3.13. The van der Waals surface area contributed by atoms with Crippen LogP contribution in [-0.4, -0.2) is 21.7 Å². The largest absolute Gasteiger partial charge is 0.493 e. The number of rotatable bonds is 7. The van der Waals surface area contributed by atoms with Crippen LogP contribution in [0.4, 0.5) is 15.9 Å². The van der Waals surface area contributed by atoms with E-state index in [1.165, 1.54) is 12.4 Å². The molecule has 0 radical (unpaired) electrons. The Kier molecular flexibility index (Phi) is 6.33. The first-order chi connectivity index (χ1) is 13.8. The molecule has 1 aromatic heterocycles. The lowest BCUT2D eigenvalue weighted by Gasteiger charge is -2.18. The van der Waals surface area contributed by atoms with Gasteiger partial charge in [-0.05, 0) is 61.1 Å². The zero-order chi connectivity index (χ0) is 21.0. The van der Waals surface area contributed by atoms with Crippen molar-refractivity contribution in [2.75, 3.05) is 11.9 Å². The molecule has 3 rings (SSSR count). The van der Waals surface area contributed by atoms with Crippen molar-refractivity contribution < 1.29 is 14.2 Å². The molecule has 2 aromatic carbocycles. The molecule has 1 heterocycles. The van der Waals surface area contributed by atoms with Crippen molar-refractivity contribution in [1.29, 1.82) is 0 Å². The van der Waals surface area contributed by atoms with Crippen LogP contribution in [0.2, 0.25) is 0 Å². The first kappa shape index (κ1) is 21.0. The molecule has 0 spiro atoms. The molecular weight excluding hydrogens is 369 g/mol. The first-order valence-corrected chi connectivity index (χ1v) is 9.81. The molecule has 0 aliphatic heterocycles. The molecule has 0 fully saturated rings. The van der Waals surface area contributed by atoms with E-state index in [4.69, 9.17) is 4.74 Å². The SMILES string of the molecule is Cc1cc(Nc2ncnc3cc(CO)c(OCCCC(C)(C)C)cc23)ccc1F. The lowest BCUT2D eigenvalue weighted by molar-refractivity contribution is 0.248. The van der Waals surface area contributed by atoms with Crippen LogP contribution in [0.1, 0.15) is 44.7 Å². The second-order valence-electron chi connectivity index (χ2n) is 8.46. The van der Waals surface area contributed by atoms with Crippen LogP contribution >= 0.6 is 0 Å². The summed E-state index contributed by atoms with van der Waals surface area (Å²) in [4.78, 5) is 8.66. The van der Waals surface area contributed by atoms with E-state index in [-0.39, 0.29) is 17.8 Å². The van der Waals surface area contributed by atoms with Crippen molar-refractivity contribution in [3.05, 3.63) is 53.6 Å². The normalized spacial score (nSPS) is 11.7. The molecule has 29 heavy (non-hydrogen) atoms. The molecule has 0 bridgehead atoms. The first-order valence-electron chi connectivity index (χ1n) is 9.81. The van der Waals surface area contributed by atoms with Crippen LogP contribution < -0.4 is 10.1 Å². The number of nitrogens with zero attached hydrogens (tertiary/aromatic N) is 2. The summed E-state index contributed by atoms with van der Waals surface area (Å²) < 4.78 is 19.5. The van der Waals surface area contributed by atoms with E-state index in [1.54, 1.807) is 19.1 Å². The minimum absolute atomic E-state index is 0.130. The van der Waals surface area contributed by atoms with Gasteiger partial charge in [-0.2, -0.15) is 0 Å². The van der Waals surface area contributed by atoms with E-state index in [2.05, 4.69) is 36.1 Å². The molecule has 0 amide bonds. The summed E-state index contributed by atoms with van der Waals surface area (Å²) >= 11 is 0. The maximum Gasteiger partial charge on any atom is 0.141 e. The number of aliphatic hydroxyl groups excluding tert-OH is 1. The standard InChI is InChI=1S/C23H28FN3O2/c1-15-10-17(6-7-19(15)24)27-22-18-12-21(29-9-5-8-23(2,3)4)16(13-28)11-20(18)25-14-26-22/h6-7,10-12,14,28H,5,8-9,13H2,1-4H3,(H,25,26,27). The highest BCUT2D eigenvalue weighted by Gasteiger charge is 2.13. The van der Waals surface area contributed by atoms with E-state index in [9.17, 15) is 9.50 Å². The highest BCUT2D eigenvalue weighted by atomic mass is 19.1. The Bertz CT molecular complexity index is 999. The summed E-state index contributed by atoms with van der Waals surface area (Å²) in [5.74, 6) is 0.980. The van der Waals surface area contributed by atoms with Crippen LogP contribution in [0, 0.1) is 18.2 Å². The minimum atomic E-state index is -0.248. The fourth-order valence-electron chi connectivity index (χ4n) is 3.13. The predicted octanol–water partition coefficient (Wildman–Crippen LogP) is 5.52. The van der Waals surface area contributed by atoms with Crippen LogP contribution in [0.3, 0.4) is 0 Å². The Labute approximate surface area is 171 Å². The predicted molar refractivity (Wildman–Crippen MR) is 114 cm³/mol. The number of nitrogens with one attached hydrogen (secondary N) is 1. The summed E-state index contributed by atoms with van der Waals surface area (Å²) in [5, 5.41) is 13.8. The average molecular weight is 397 g/mol. The molecule has 0 saturated carbocycles. The average Bonchev–Trinajstić information content (AvgIpc) is 2.67. The summed E-state index contributed by atoms with van der Waals surface area (Å²) in [5.41, 5.74) is 2.94. The van der Waals surface area contributed by atoms with Gasteiger partial charge in [0.05, 0.1) is 18.7 Å². The number of fused-ring (bicyclic) bond motifs is 1. The van der Waals surface area contributed by atoms with Gasteiger partial charge < -0.3 is 15.2 Å². The van der Waals surface area contributed by atoms with E-state index >= 15 is 0 Å². The summed E-state index contributed by atoms with van der Waals surface area (Å²) in [6, 6.07) is 8.50. The quantitative estimate of drug-likeness (QED) is 0.514. The van der Waals surface area contributed by atoms with Gasteiger partial charge in [0.1, 0.15) is 23.7 Å². The third-order valence-electron chi connectivity index (χ3n) is 4.74. The number of hydrogen-bond acceptors (Lipinski definition) is 5. The molecule has 0 unspecified atom stereocenters. The van der Waals surface area contributed by atoms with Crippen molar-refractivity contribution in [2.45, 2.75) is 47.1 Å². The van der Waals surface area contributed by atoms with E-state index < -0.39 is 0 Å². The highest BCUT2D eigenvalue weighted by molar-refractivity contribution is 5.92. The van der Waals surface area contributed by atoms with Crippen LogP contribution in [0.5, 0.6) is 5.75 Å². The van der Waals surface area contributed by atoms with Crippen molar-refractivity contribution in [3.63, 3.8) is 0 Å². The van der Waals surface area contributed by atoms with Crippen LogP contribution in [0.15, 0.2) is 36.7 Å². The highest BCUT2D eigenvalue weighted by Crippen LogP contribution is 2.31. The van der Waals surface area contributed by atoms with Crippen molar-refractivity contribution >= 4 is 22.4 Å². The van der Waals surface area contributed by atoms with Gasteiger partial charge in [-0.3, -0.25) is 0 Å². The number of aliphatic hydroxyl groups is 1. The molecule has 3 aromatic rings. The van der Waals surface area contributed by atoms with Gasteiger partial charge in [-0.1, -0.05) is 20.8 Å². The Hall–Kier alpha value is -2.73. The number of anilines is 2. The zero-order valence-electron chi connectivity index (χ0n) is 17.4. The molecule has 2 N–H and O–H groups in total. The van der Waals surface area contributed by atoms with Gasteiger partial charge in [0.15, 0.2) is 0 Å². The summed E-state index contributed by atoms with van der Waals surface area (Å²) in [6.07, 6.45) is 3.44. The third-order valence-corrected chi connectivity index (χ3v) is 4.74. The number of hydrogen-bond donors (Lipinski definition) is 2. The van der Waals surface area contributed by atoms with Crippen LogP contribution in [0.25, 0.3) is 10.9 Å². The summed E-state index contributed by atoms with van der Waals surface area (Å²) in [7, 11) is 0. The number of aromatic nitrogens is 2. The van der Waals surface area contributed by atoms with Gasteiger partial charge in [0.25, 0.3) is 0 Å². The zero-order valence-corrected chi connectivity index (χ0v) is 17.4. The molecule has 0 atom stereocenters. The van der Waals surface area contributed by atoms with Gasteiger partial charge in [0.2, 0.25) is 0 Å². The number of benzene rings is 2. The molecule has 0 aliphatic rings. The molecule has 6 heteroatoms. The molecule has 0 saturated heterocycles. The Morgan fingerprint density at radius 1 is 1.14 bits per heavy atom. The van der Waals surface area contributed by atoms with Crippen LogP contribution in [-0.2, 0) is 6.61 Å². The van der Waals surface area contributed by atoms with Crippen molar-refractivity contribution in [2.24, 2.45) is 5.41 Å². The van der Waals surface area contributed by atoms with E-state index in [0.29, 0.717) is 34.8 Å². The molecular formula is C23H28FN3O2. The lowest BCUT2D eigenvalue weighted by Crippen LogP contribution is -2.08. The van der Waals surface area contributed by atoms with Gasteiger partial charge in [0, 0.05) is 16.6 Å². The van der Waals surface area contributed by atoms with E-state index in [0.717, 1.165) is 23.9 Å². The Morgan fingerprint density at radius 3 is 2.62 bits per heavy atom. The maximum absolute atomic E-state index is 13.6. The monoisotopic (exact) mass is 397 g/mol. The van der Waals surface area contributed by atoms with E-state index in [1.807, 2.05) is 12.1 Å². The third kappa shape index (κ3) is 5.41. The number of aryl methyl sites for hydroxylation is 1. The van der Waals surface area contributed by atoms with Gasteiger partial charge >= 0.3 is 0 Å². The molecule has 0 aliphatic carbocycles. The fraction of sp³-hybridized carbons (Fsp3) is 0.391. The molecule has 5 nitrogen and oxygen atoms in total. The minimum Gasteiger partial charge on any atom is -0.493 e. The Morgan fingerprint density at radius 2 is 1.93 bits per heavy atom. The lowest BCUT2D eigenvalue weighted by atomic mass is 9.91. The topological polar surface area (TPSA) is 67.3 Å². The smallest absolute Gasteiger partial charge is 0.141 e. The maximum atomic E-state index is 13.6. The van der Waals surface area contributed by atoms with Gasteiger partial charge in [-0.15, -0.1) is 0 Å². The van der Waals surface area contributed by atoms with Gasteiger partial charge in [-0.25, -0.2) is 14.4 Å². The Balaban J connectivity index is 1.88.